The van der Waals surface area contributed by atoms with E-state index in [4.69, 9.17) is 10.5 Å². The van der Waals surface area contributed by atoms with Crippen molar-refractivity contribution in [1.82, 2.24) is 0 Å². The van der Waals surface area contributed by atoms with Crippen molar-refractivity contribution in [3.05, 3.63) is 29.6 Å². The Morgan fingerprint density at radius 1 is 1.50 bits per heavy atom. The van der Waals surface area contributed by atoms with E-state index in [9.17, 15) is 9.18 Å². The number of carbonyl (C=O) groups is 1. The zero-order valence-electron chi connectivity index (χ0n) is 10.9. The predicted molar refractivity (Wildman–Crippen MR) is 69.2 cm³/mol. The number of benzene rings is 1. The fraction of sp³-hybridized carbons (Fsp3) is 0.500. The highest BCUT2D eigenvalue weighted by Crippen LogP contribution is 2.18. The molecule has 0 spiro atoms. The van der Waals surface area contributed by atoms with E-state index in [2.05, 4.69) is 0 Å². The molecule has 0 aromatic heterocycles. The first-order chi connectivity index (χ1) is 8.56. The molecular formula is C14H20FNO2. The van der Waals surface area contributed by atoms with Gasteiger partial charge in [0.15, 0.2) is 11.6 Å². The number of carbonyl (C=O) groups excluding carboxylic acids is 1. The molecule has 1 aromatic carbocycles. The quantitative estimate of drug-likeness (QED) is 0.812. The molecule has 0 fully saturated rings. The molecule has 0 aliphatic carbocycles. The van der Waals surface area contributed by atoms with Crippen LogP contribution in [0.25, 0.3) is 0 Å². The largest absolute Gasteiger partial charge is 0.494 e. The van der Waals surface area contributed by atoms with Crippen LogP contribution in [0.2, 0.25) is 0 Å². The van der Waals surface area contributed by atoms with E-state index in [0.29, 0.717) is 12.0 Å². The van der Waals surface area contributed by atoms with E-state index >= 15 is 0 Å². The third kappa shape index (κ3) is 4.45. The van der Waals surface area contributed by atoms with Gasteiger partial charge in [-0.1, -0.05) is 19.4 Å². The van der Waals surface area contributed by atoms with Gasteiger partial charge in [-0.15, -0.1) is 0 Å². The average molecular weight is 253 g/mol. The molecule has 0 aliphatic rings. The van der Waals surface area contributed by atoms with E-state index in [0.717, 1.165) is 12.8 Å². The van der Waals surface area contributed by atoms with Gasteiger partial charge in [0.05, 0.1) is 7.11 Å². The van der Waals surface area contributed by atoms with Crippen LogP contribution in [0.5, 0.6) is 5.75 Å². The smallest absolute Gasteiger partial charge is 0.165 e. The minimum absolute atomic E-state index is 0.0421. The van der Waals surface area contributed by atoms with Crippen molar-refractivity contribution in [1.29, 1.82) is 0 Å². The monoisotopic (exact) mass is 253 g/mol. The lowest BCUT2D eigenvalue weighted by atomic mass is 10.0. The molecular weight excluding hydrogens is 233 g/mol. The number of hydrogen-bond donors (Lipinski definition) is 1. The molecule has 0 amide bonds. The van der Waals surface area contributed by atoms with Gasteiger partial charge in [0, 0.05) is 18.9 Å². The molecule has 1 rings (SSSR count). The lowest BCUT2D eigenvalue weighted by Crippen LogP contribution is -2.24. The molecule has 18 heavy (non-hydrogen) atoms. The van der Waals surface area contributed by atoms with Gasteiger partial charge in [-0.2, -0.15) is 0 Å². The van der Waals surface area contributed by atoms with Crippen molar-refractivity contribution < 1.29 is 13.9 Å². The molecule has 4 heteroatoms. The summed E-state index contributed by atoms with van der Waals surface area (Å²) in [6.45, 7) is 2.03. The number of Topliss-reactive ketones (excluding diaryl/α,β-unsaturated/α-hetero) is 1. The number of halogens is 1. The molecule has 0 aliphatic heterocycles. The summed E-state index contributed by atoms with van der Waals surface area (Å²) in [5.74, 6) is -0.213. The number of methoxy groups -OCH3 is 1. The molecule has 3 nitrogen and oxygen atoms in total. The van der Waals surface area contributed by atoms with Crippen molar-refractivity contribution in [3.63, 3.8) is 0 Å². The first kappa shape index (κ1) is 14.6. The Balaban J connectivity index is 2.57. The SMILES string of the molecule is CCCC(N)CC(=O)Cc1ccc(OC)c(F)c1. The third-order valence-corrected chi connectivity index (χ3v) is 2.77. The maximum atomic E-state index is 13.4. The first-order valence-corrected chi connectivity index (χ1v) is 6.16. The van der Waals surface area contributed by atoms with Gasteiger partial charge in [0.1, 0.15) is 5.78 Å². The topological polar surface area (TPSA) is 52.3 Å². The Labute approximate surface area is 107 Å². The molecule has 1 atom stereocenters. The second-order valence-electron chi connectivity index (χ2n) is 4.44. The van der Waals surface area contributed by atoms with Crippen molar-refractivity contribution in [2.45, 2.75) is 38.6 Å². The number of ether oxygens (including phenoxy) is 1. The van der Waals surface area contributed by atoms with Crippen molar-refractivity contribution in [3.8, 4) is 5.75 Å². The summed E-state index contributed by atoms with van der Waals surface area (Å²) in [6.07, 6.45) is 2.37. The van der Waals surface area contributed by atoms with Gasteiger partial charge >= 0.3 is 0 Å². The van der Waals surface area contributed by atoms with Crippen LogP contribution < -0.4 is 10.5 Å². The summed E-state index contributed by atoms with van der Waals surface area (Å²) in [5, 5.41) is 0. The maximum Gasteiger partial charge on any atom is 0.165 e. The fourth-order valence-corrected chi connectivity index (χ4v) is 1.88. The number of ketones is 1. The van der Waals surface area contributed by atoms with E-state index < -0.39 is 5.82 Å². The van der Waals surface area contributed by atoms with Crippen LogP contribution in [0.1, 0.15) is 31.7 Å². The molecule has 1 unspecified atom stereocenters. The van der Waals surface area contributed by atoms with Crippen LogP contribution in [-0.4, -0.2) is 18.9 Å². The molecule has 0 saturated heterocycles. The second kappa shape index (κ2) is 7.11. The molecule has 2 N–H and O–H groups in total. The van der Waals surface area contributed by atoms with E-state index in [1.807, 2.05) is 6.92 Å². The Morgan fingerprint density at radius 2 is 2.22 bits per heavy atom. The van der Waals surface area contributed by atoms with Gasteiger partial charge in [-0.25, -0.2) is 4.39 Å². The third-order valence-electron chi connectivity index (χ3n) is 2.77. The Hall–Kier alpha value is -1.42. The van der Waals surface area contributed by atoms with Gasteiger partial charge < -0.3 is 10.5 Å². The van der Waals surface area contributed by atoms with E-state index in [1.165, 1.54) is 19.2 Å². The van der Waals surface area contributed by atoms with Gasteiger partial charge in [-0.05, 0) is 24.1 Å². The Kier molecular flexibility index (Phi) is 5.78. The second-order valence-corrected chi connectivity index (χ2v) is 4.44. The molecule has 100 valence electrons. The standard InChI is InChI=1S/C14H20FNO2/c1-3-4-11(16)9-12(17)7-10-5-6-14(18-2)13(15)8-10/h5-6,8,11H,3-4,7,9,16H2,1-2H3. The number of nitrogens with two attached hydrogens (primary N) is 1. The molecule has 0 radical (unpaired) electrons. The Bertz CT molecular complexity index is 407. The van der Waals surface area contributed by atoms with Crippen molar-refractivity contribution in [2.75, 3.05) is 7.11 Å². The van der Waals surface area contributed by atoms with Gasteiger partial charge in [0.25, 0.3) is 0 Å². The fourth-order valence-electron chi connectivity index (χ4n) is 1.88. The minimum atomic E-state index is -0.444. The van der Waals surface area contributed by atoms with Crippen LogP contribution in [0.4, 0.5) is 4.39 Å². The summed E-state index contributed by atoms with van der Waals surface area (Å²) in [4.78, 5) is 11.7. The highest BCUT2D eigenvalue weighted by molar-refractivity contribution is 5.81. The maximum absolute atomic E-state index is 13.4. The van der Waals surface area contributed by atoms with Crippen LogP contribution in [-0.2, 0) is 11.2 Å². The van der Waals surface area contributed by atoms with Crippen molar-refractivity contribution in [2.24, 2.45) is 5.73 Å². The number of rotatable bonds is 7. The zero-order chi connectivity index (χ0) is 13.5. The van der Waals surface area contributed by atoms with Gasteiger partial charge in [0.2, 0.25) is 0 Å². The summed E-state index contributed by atoms with van der Waals surface area (Å²) < 4.78 is 18.2. The highest BCUT2D eigenvalue weighted by Gasteiger charge is 2.11. The molecule has 0 bridgehead atoms. The average Bonchev–Trinajstić information content (AvgIpc) is 2.29. The van der Waals surface area contributed by atoms with Crippen LogP contribution in [0, 0.1) is 5.82 Å². The van der Waals surface area contributed by atoms with Crippen LogP contribution in [0.15, 0.2) is 18.2 Å². The molecule has 1 aromatic rings. The number of hydrogen-bond acceptors (Lipinski definition) is 3. The molecule has 0 saturated carbocycles. The lowest BCUT2D eigenvalue weighted by molar-refractivity contribution is -0.118. The minimum Gasteiger partial charge on any atom is -0.494 e. The molecule has 0 heterocycles. The summed E-state index contributed by atoms with van der Waals surface area (Å²) >= 11 is 0. The van der Waals surface area contributed by atoms with Crippen molar-refractivity contribution >= 4 is 5.78 Å². The summed E-state index contributed by atoms with van der Waals surface area (Å²) in [6, 6.07) is 4.47. The van der Waals surface area contributed by atoms with E-state index in [1.54, 1.807) is 6.07 Å². The highest BCUT2D eigenvalue weighted by atomic mass is 19.1. The van der Waals surface area contributed by atoms with E-state index in [-0.39, 0.29) is 24.0 Å². The zero-order valence-corrected chi connectivity index (χ0v) is 10.9. The lowest BCUT2D eigenvalue weighted by Gasteiger charge is -2.09. The van der Waals surface area contributed by atoms with Gasteiger partial charge in [-0.3, -0.25) is 4.79 Å². The summed E-state index contributed by atoms with van der Waals surface area (Å²) in [7, 11) is 1.41. The Morgan fingerprint density at radius 3 is 2.78 bits per heavy atom. The van der Waals surface area contributed by atoms with Crippen LogP contribution in [0.3, 0.4) is 0 Å². The predicted octanol–water partition coefficient (Wildman–Crippen LogP) is 2.46. The summed E-state index contributed by atoms with van der Waals surface area (Å²) in [5.41, 5.74) is 6.45. The normalized spacial score (nSPS) is 12.2. The van der Waals surface area contributed by atoms with Crippen LogP contribution >= 0.6 is 0 Å². The first-order valence-electron chi connectivity index (χ1n) is 6.16.